The van der Waals surface area contributed by atoms with Gasteiger partial charge in [-0.1, -0.05) is 51.1 Å². The van der Waals surface area contributed by atoms with Crippen LogP contribution in [0.5, 0.6) is 0 Å². The van der Waals surface area contributed by atoms with Gasteiger partial charge in [-0.2, -0.15) is 0 Å². The van der Waals surface area contributed by atoms with E-state index in [1.165, 1.54) is 0 Å². The smallest absolute Gasteiger partial charge is 0.258 e. The van der Waals surface area contributed by atoms with E-state index >= 15 is 0 Å². The van der Waals surface area contributed by atoms with Gasteiger partial charge in [-0.25, -0.2) is 4.98 Å². The molecule has 0 aliphatic carbocycles. The van der Waals surface area contributed by atoms with Gasteiger partial charge in [-0.3, -0.25) is 14.5 Å². The highest BCUT2D eigenvalue weighted by molar-refractivity contribution is 5.93. The van der Waals surface area contributed by atoms with Gasteiger partial charge in [-0.05, 0) is 43.0 Å². The van der Waals surface area contributed by atoms with E-state index < -0.39 is 0 Å². The molecule has 1 unspecified atom stereocenters. The van der Waals surface area contributed by atoms with Crippen molar-refractivity contribution in [1.29, 1.82) is 0 Å². The molecule has 0 radical (unpaired) electrons. The molecule has 3 aromatic rings. The van der Waals surface area contributed by atoms with Gasteiger partial charge in [0.05, 0.1) is 24.0 Å². The second kappa shape index (κ2) is 9.67. The zero-order valence-electron chi connectivity index (χ0n) is 18.1. The third-order valence-corrected chi connectivity index (χ3v) is 5.43. The number of nitrogens with zero attached hydrogens (tertiary/aromatic N) is 2. The summed E-state index contributed by atoms with van der Waals surface area (Å²) in [5, 5.41) is 3.62. The molecule has 1 atom stereocenters. The average molecular weight is 407 g/mol. The summed E-state index contributed by atoms with van der Waals surface area (Å²) >= 11 is 0. The molecule has 0 bridgehead atoms. The highest BCUT2D eigenvalue weighted by atomic mass is 16.2. The lowest BCUT2D eigenvalue weighted by Crippen LogP contribution is -2.39. The van der Waals surface area contributed by atoms with E-state index in [9.17, 15) is 9.59 Å². The van der Waals surface area contributed by atoms with E-state index in [1.54, 1.807) is 6.07 Å². The minimum absolute atomic E-state index is 0.0773. The molecule has 0 spiro atoms. The second-order valence-electron chi connectivity index (χ2n) is 7.98. The van der Waals surface area contributed by atoms with Gasteiger partial charge in [-0.15, -0.1) is 0 Å². The Labute approximate surface area is 177 Å². The Morgan fingerprint density at radius 2 is 1.80 bits per heavy atom. The summed E-state index contributed by atoms with van der Waals surface area (Å²) in [6.07, 6.45) is 0.883. The number of nitrogens with one attached hydrogen (secondary N) is 2. The molecule has 0 aliphatic heterocycles. The standard InChI is InChI=1S/C24H30N4O2/c1-5-17(4)28(14-22-25-21-13-9-7-11-19(21)24(30)27-22)15-23(29)26-20-12-8-6-10-18(20)16(2)3/h6-13,16-17H,5,14-15H2,1-4H3,(H,26,29)(H,25,27,30). The second-order valence-corrected chi connectivity index (χ2v) is 7.98. The number of rotatable bonds is 8. The molecule has 3 rings (SSSR count). The van der Waals surface area contributed by atoms with Crippen LogP contribution in [0.1, 0.15) is 51.4 Å². The topological polar surface area (TPSA) is 78.1 Å². The number of carbonyl (C=O) groups excluding carboxylic acids is 1. The van der Waals surface area contributed by atoms with Crippen molar-refractivity contribution in [3.05, 3.63) is 70.3 Å². The first kappa shape index (κ1) is 21.7. The monoisotopic (exact) mass is 406 g/mol. The molecular formula is C24H30N4O2. The van der Waals surface area contributed by atoms with E-state index in [0.29, 0.717) is 29.2 Å². The minimum atomic E-state index is -0.157. The van der Waals surface area contributed by atoms with Crippen LogP contribution in [0, 0.1) is 0 Å². The average Bonchev–Trinajstić information content (AvgIpc) is 2.73. The zero-order valence-corrected chi connectivity index (χ0v) is 18.1. The van der Waals surface area contributed by atoms with Crippen molar-refractivity contribution in [3.8, 4) is 0 Å². The van der Waals surface area contributed by atoms with Gasteiger partial charge in [0.2, 0.25) is 5.91 Å². The number of aromatic nitrogens is 2. The van der Waals surface area contributed by atoms with Crippen LogP contribution in [-0.4, -0.2) is 33.4 Å². The molecule has 1 aromatic heterocycles. The lowest BCUT2D eigenvalue weighted by Gasteiger charge is -2.27. The minimum Gasteiger partial charge on any atom is -0.325 e. The maximum atomic E-state index is 12.8. The number of para-hydroxylation sites is 2. The molecule has 1 heterocycles. The Hall–Kier alpha value is -2.99. The molecule has 158 valence electrons. The fourth-order valence-electron chi connectivity index (χ4n) is 3.52. The van der Waals surface area contributed by atoms with E-state index in [2.05, 4.69) is 43.0 Å². The van der Waals surface area contributed by atoms with Crippen molar-refractivity contribution in [1.82, 2.24) is 14.9 Å². The Bertz CT molecular complexity index is 1070. The third-order valence-electron chi connectivity index (χ3n) is 5.43. The number of benzene rings is 2. The Kier molecular flexibility index (Phi) is 7.00. The van der Waals surface area contributed by atoms with Crippen LogP contribution in [0.15, 0.2) is 53.3 Å². The third kappa shape index (κ3) is 5.13. The van der Waals surface area contributed by atoms with E-state index in [0.717, 1.165) is 17.7 Å². The van der Waals surface area contributed by atoms with Crippen molar-refractivity contribution in [3.63, 3.8) is 0 Å². The van der Waals surface area contributed by atoms with Crippen molar-refractivity contribution in [2.75, 3.05) is 11.9 Å². The molecule has 6 heteroatoms. The maximum Gasteiger partial charge on any atom is 0.258 e. The summed E-state index contributed by atoms with van der Waals surface area (Å²) in [5.74, 6) is 0.806. The molecular weight excluding hydrogens is 376 g/mol. The quantitative estimate of drug-likeness (QED) is 0.585. The SMILES string of the molecule is CCC(C)N(CC(=O)Nc1ccccc1C(C)C)Cc1nc2ccccc2c(=O)[nH]1. The van der Waals surface area contributed by atoms with Crippen molar-refractivity contribution in [2.45, 2.75) is 52.6 Å². The van der Waals surface area contributed by atoms with Crippen LogP contribution in [0.25, 0.3) is 10.9 Å². The first-order chi connectivity index (χ1) is 14.4. The van der Waals surface area contributed by atoms with Gasteiger partial charge in [0.1, 0.15) is 5.82 Å². The molecule has 2 N–H and O–H groups in total. The lowest BCUT2D eigenvalue weighted by atomic mass is 10.0. The molecule has 0 fully saturated rings. The molecule has 1 amide bonds. The maximum absolute atomic E-state index is 12.8. The number of hydrogen-bond donors (Lipinski definition) is 2. The number of fused-ring (bicyclic) bond motifs is 1. The van der Waals surface area contributed by atoms with E-state index in [-0.39, 0.29) is 24.1 Å². The number of amides is 1. The summed E-state index contributed by atoms with van der Waals surface area (Å²) in [5.41, 5.74) is 2.46. The first-order valence-electron chi connectivity index (χ1n) is 10.5. The summed E-state index contributed by atoms with van der Waals surface area (Å²) in [6, 6.07) is 15.3. The van der Waals surface area contributed by atoms with Crippen LogP contribution in [0.2, 0.25) is 0 Å². The molecule has 0 aliphatic rings. The summed E-state index contributed by atoms with van der Waals surface area (Å²) < 4.78 is 0. The van der Waals surface area contributed by atoms with Crippen LogP contribution < -0.4 is 10.9 Å². The van der Waals surface area contributed by atoms with Crippen LogP contribution in [-0.2, 0) is 11.3 Å². The number of H-pyrrole nitrogens is 1. The summed E-state index contributed by atoms with van der Waals surface area (Å²) in [6.45, 7) is 9.00. The van der Waals surface area contributed by atoms with Gasteiger partial charge in [0, 0.05) is 11.7 Å². The van der Waals surface area contributed by atoms with Gasteiger partial charge >= 0.3 is 0 Å². The van der Waals surface area contributed by atoms with Gasteiger partial charge < -0.3 is 10.3 Å². The van der Waals surface area contributed by atoms with E-state index in [1.807, 2.05) is 47.4 Å². The number of aromatic amines is 1. The fraction of sp³-hybridized carbons (Fsp3) is 0.375. The fourth-order valence-corrected chi connectivity index (χ4v) is 3.52. The highest BCUT2D eigenvalue weighted by Crippen LogP contribution is 2.23. The zero-order chi connectivity index (χ0) is 21.7. The molecule has 30 heavy (non-hydrogen) atoms. The summed E-state index contributed by atoms with van der Waals surface area (Å²) in [4.78, 5) is 34.7. The molecule has 2 aromatic carbocycles. The van der Waals surface area contributed by atoms with Gasteiger partial charge in [0.25, 0.3) is 5.56 Å². The largest absolute Gasteiger partial charge is 0.325 e. The molecule has 0 saturated heterocycles. The van der Waals surface area contributed by atoms with Crippen LogP contribution in [0.4, 0.5) is 5.69 Å². The van der Waals surface area contributed by atoms with E-state index in [4.69, 9.17) is 0 Å². The molecule has 6 nitrogen and oxygen atoms in total. The van der Waals surface area contributed by atoms with Gasteiger partial charge in [0.15, 0.2) is 0 Å². The predicted molar refractivity (Wildman–Crippen MR) is 122 cm³/mol. The predicted octanol–water partition coefficient (Wildman–Crippen LogP) is 4.29. The Morgan fingerprint density at radius 3 is 2.53 bits per heavy atom. The highest BCUT2D eigenvalue weighted by Gasteiger charge is 2.19. The van der Waals surface area contributed by atoms with Crippen molar-refractivity contribution in [2.24, 2.45) is 0 Å². The molecule has 0 saturated carbocycles. The number of hydrogen-bond acceptors (Lipinski definition) is 4. The van der Waals surface area contributed by atoms with Crippen molar-refractivity contribution >= 4 is 22.5 Å². The number of anilines is 1. The first-order valence-corrected chi connectivity index (χ1v) is 10.5. The van der Waals surface area contributed by atoms with Crippen molar-refractivity contribution < 1.29 is 4.79 Å². The Morgan fingerprint density at radius 1 is 1.10 bits per heavy atom. The van der Waals surface area contributed by atoms with Crippen LogP contribution >= 0.6 is 0 Å². The summed E-state index contributed by atoms with van der Waals surface area (Å²) in [7, 11) is 0. The number of carbonyl (C=O) groups is 1. The van der Waals surface area contributed by atoms with Crippen LogP contribution in [0.3, 0.4) is 0 Å². The normalized spacial score (nSPS) is 12.5. The lowest BCUT2D eigenvalue weighted by molar-refractivity contribution is -0.118. The Balaban J connectivity index is 1.79.